The van der Waals surface area contributed by atoms with Gasteiger partial charge in [-0.3, -0.25) is 19.7 Å². The van der Waals surface area contributed by atoms with Crippen LogP contribution >= 0.6 is 11.6 Å². The van der Waals surface area contributed by atoms with Crippen LogP contribution in [0.15, 0.2) is 72.8 Å². The smallest absolute Gasteiger partial charge is 0.339 e. The molecule has 0 bridgehead atoms. The number of nitrogens with one attached hydrogen (secondary N) is 1. The molecule has 8 nitrogen and oxygen atoms in total. The van der Waals surface area contributed by atoms with E-state index in [0.29, 0.717) is 6.54 Å². The van der Waals surface area contributed by atoms with Gasteiger partial charge in [-0.15, -0.1) is 0 Å². The first-order valence-corrected chi connectivity index (χ1v) is 11.2. The molecule has 1 N–H and O–H groups in total. The number of hydrogen-bond acceptors (Lipinski definition) is 6. The molecule has 180 valence electrons. The Labute approximate surface area is 207 Å². The minimum Gasteiger partial charge on any atom is -0.449 e. The van der Waals surface area contributed by atoms with Crippen LogP contribution in [0.2, 0.25) is 5.02 Å². The summed E-state index contributed by atoms with van der Waals surface area (Å²) < 4.78 is 5.31. The highest BCUT2D eigenvalue weighted by atomic mass is 35.5. The number of benzene rings is 3. The molecule has 0 aliphatic rings. The van der Waals surface area contributed by atoms with Gasteiger partial charge in [-0.2, -0.15) is 0 Å². The zero-order chi connectivity index (χ0) is 25.5. The Kier molecular flexibility index (Phi) is 8.33. The molecule has 35 heavy (non-hydrogen) atoms. The average Bonchev–Trinajstić information content (AvgIpc) is 2.87. The third-order valence-corrected chi connectivity index (χ3v) is 5.72. The molecule has 3 rings (SSSR count). The molecule has 2 unspecified atom stereocenters. The molecule has 0 saturated carbocycles. The zero-order valence-electron chi connectivity index (χ0n) is 19.1. The highest BCUT2D eigenvalue weighted by Gasteiger charge is 2.25. The molecule has 0 radical (unpaired) electrons. The summed E-state index contributed by atoms with van der Waals surface area (Å²) in [5.74, 6) is -1.90. The molecule has 3 aromatic rings. The van der Waals surface area contributed by atoms with Crippen LogP contribution in [0.25, 0.3) is 0 Å². The molecule has 0 saturated heterocycles. The largest absolute Gasteiger partial charge is 0.449 e. The molecule has 9 heteroatoms. The summed E-state index contributed by atoms with van der Waals surface area (Å²) in [6.07, 6.45) is -1.11. The molecule has 0 aromatic heterocycles. The first-order valence-electron chi connectivity index (χ1n) is 10.8. The van der Waals surface area contributed by atoms with Gasteiger partial charge in [0.15, 0.2) is 11.9 Å². The third-order valence-electron chi connectivity index (χ3n) is 5.40. The van der Waals surface area contributed by atoms with Crippen molar-refractivity contribution in [3.8, 4) is 0 Å². The predicted octanol–water partition coefficient (Wildman–Crippen LogP) is 4.94. The van der Waals surface area contributed by atoms with Crippen LogP contribution in [0.1, 0.15) is 51.6 Å². The van der Waals surface area contributed by atoms with E-state index < -0.39 is 34.4 Å². The van der Waals surface area contributed by atoms with E-state index in [4.69, 9.17) is 16.3 Å². The lowest BCUT2D eigenvalue weighted by molar-refractivity contribution is -0.384. The minimum atomic E-state index is -1.11. The fourth-order valence-electron chi connectivity index (χ4n) is 3.38. The maximum Gasteiger partial charge on any atom is 0.339 e. The van der Waals surface area contributed by atoms with Crippen LogP contribution in [-0.2, 0) is 9.53 Å². The van der Waals surface area contributed by atoms with Crippen molar-refractivity contribution in [2.24, 2.45) is 0 Å². The van der Waals surface area contributed by atoms with Crippen molar-refractivity contribution in [3.63, 3.8) is 0 Å². The maximum absolute atomic E-state index is 13.0. The number of nitrogens with zero attached hydrogens (tertiary/aromatic N) is 1. The summed E-state index contributed by atoms with van der Waals surface area (Å²) in [5.41, 5.74) is 0.550. The number of halogens is 1. The number of nitro benzene ring substituents is 1. The Hall–Kier alpha value is -4.04. The molecule has 3 aromatic carbocycles. The summed E-state index contributed by atoms with van der Waals surface area (Å²) >= 11 is 5.83. The van der Waals surface area contributed by atoms with Crippen LogP contribution in [0, 0.1) is 10.1 Å². The third kappa shape index (κ3) is 6.30. The lowest BCUT2D eigenvalue weighted by Crippen LogP contribution is -2.37. The molecule has 0 aliphatic carbocycles. The predicted molar refractivity (Wildman–Crippen MR) is 131 cm³/mol. The number of carbonyl (C=O) groups excluding carboxylic acids is 3. The number of ether oxygens (including phenoxy) is 1. The number of esters is 1. The van der Waals surface area contributed by atoms with Crippen molar-refractivity contribution in [2.75, 3.05) is 6.54 Å². The topological polar surface area (TPSA) is 116 Å². The lowest BCUT2D eigenvalue weighted by Gasteiger charge is -2.17. The Bertz CT molecular complexity index is 1260. The molecule has 0 spiro atoms. The number of nitro groups is 1. The van der Waals surface area contributed by atoms with Gasteiger partial charge in [0, 0.05) is 23.7 Å². The number of carbonyl (C=O) groups is 3. The van der Waals surface area contributed by atoms with E-state index in [0.717, 1.165) is 11.6 Å². The van der Waals surface area contributed by atoms with E-state index in [-0.39, 0.29) is 27.6 Å². The van der Waals surface area contributed by atoms with Crippen LogP contribution in [0.3, 0.4) is 0 Å². The highest BCUT2D eigenvalue weighted by molar-refractivity contribution is 6.33. The maximum atomic E-state index is 13.0. The summed E-state index contributed by atoms with van der Waals surface area (Å²) in [4.78, 5) is 48.8. The summed E-state index contributed by atoms with van der Waals surface area (Å²) in [6, 6.07) is 19.2. The second-order valence-electron chi connectivity index (χ2n) is 7.90. The van der Waals surface area contributed by atoms with Gasteiger partial charge in [0.05, 0.1) is 10.5 Å². The number of amides is 1. The van der Waals surface area contributed by atoms with Gasteiger partial charge in [0.25, 0.3) is 11.6 Å². The number of hydrogen-bond donors (Lipinski definition) is 1. The van der Waals surface area contributed by atoms with Crippen molar-refractivity contribution in [3.05, 3.63) is 110 Å². The highest BCUT2D eigenvalue weighted by Crippen LogP contribution is 2.27. The van der Waals surface area contributed by atoms with Crippen LogP contribution in [0.5, 0.6) is 0 Å². The van der Waals surface area contributed by atoms with Gasteiger partial charge in [-0.05, 0) is 36.6 Å². The SMILES string of the molecule is CC(OC(=O)c1ccccc1C(=O)c1ccc(Cl)c([N+](=O)[O-])c1)C(=O)NCC(C)c1ccccc1. The van der Waals surface area contributed by atoms with E-state index in [1.54, 1.807) is 12.1 Å². The molecule has 0 aliphatic heterocycles. The van der Waals surface area contributed by atoms with Gasteiger partial charge in [-0.25, -0.2) is 4.79 Å². The average molecular weight is 495 g/mol. The van der Waals surface area contributed by atoms with Gasteiger partial charge in [0.2, 0.25) is 0 Å². The van der Waals surface area contributed by atoms with E-state index in [2.05, 4.69) is 5.32 Å². The lowest BCUT2D eigenvalue weighted by atomic mass is 9.98. The summed E-state index contributed by atoms with van der Waals surface area (Å²) in [5, 5.41) is 13.8. The van der Waals surface area contributed by atoms with Crippen LogP contribution < -0.4 is 5.32 Å². The Balaban J connectivity index is 1.70. The van der Waals surface area contributed by atoms with E-state index >= 15 is 0 Å². The standard InChI is InChI=1S/C26H23ClN2O6/c1-16(18-8-4-3-5-9-18)15-28-25(31)17(2)35-26(32)21-11-7-6-10-20(21)24(30)19-12-13-22(27)23(14-19)29(33)34/h3-14,16-17H,15H2,1-2H3,(H,28,31). The van der Waals surface area contributed by atoms with Crippen molar-refractivity contribution in [1.82, 2.24) is 5.32 Å². The van der Waals surface area contributed by atoms with Crippen molar-refractivity contribution >= 4 is 34.9 Å². The van der Waals surface area contributed by atoms with E-state index in [1.165, 1.54) is 31.2 Å². The normalized spacial score (nSPS) is 12.3. The zero-order valence-corrected chi connectivity index (χ0v) is 19.8. The van der Waals surface area contributed by atoms with Gasteiger partial charge >= 0.3 is 5.97 Å². The van der Waals surface area contributed by atoms with Crippen molar-refractivity contribution in [1.29, 1.82) is 0 Å². The Morgan fingerprint density at radius 1 is 0.971 bits per heavy atom. The molecule has 0 fully saturated rings. The number of ketones is 1. The minimum absolute atomic E-state index is 0.0120. The fraction of sp³-hybridized carbons (Fsp3) is 0.192. The van der Waals surface area contributed by atoms with Gasteiger partial charge < -0.3 is 10.1 Å². The van der Waals surface area contributed by atoms with Crippen LogP contribution in [0.4, 0.5) is 5.69 Å². The molecular formula is C26H23ClN2O6. The number of rotatable bonds is 9. The first-order chi connectivity index (χ1) is 16.7. The quantitative estimate of drug-likeness (QED) is 0.195. The monoisotopic (exact) mass is 494 g/mol. The molecule has 1 amide bonds. The summed E-state index contributed by atoms with van der Waals surface area (Å²) in [6.45, 7) is 3.76. The van der Waals surface area contributed by atoms with E-state index in [1.807, 2.05) is 37.3 Å². The van der Waals surface area contributed by atoms with E-state index in [9.17, 15) is 24.5 Å². The van der Waals surface area contributed by atoms with Crippen LogP contribution in [-0.4, -0.2) is 35.2 Å². The van der Waals surface area contributed by atoms with Gasteiger partial charge in [-0.1, -0.05) is 67.1 Å². The molecular weight excluding hydrogens is 472 g/mol. The Morgan fingerprint density at radius 2 is 1.60 bits per heavy atom. The second kappa shape index (κ2) is 11.4. The van der Waals surface area contributed by atoms with Crippen molar-refractivity contribution in [2.45, 2.75) is 25.9 Å². The fourth-order valence-corrected chi connectivity index (χ4v) is 3.57. The molecule has 0 heterocycles. The molecule has 2 atom stereocenters. The van der Waals surface area contributed by atoms with Gasteiger partial charge in [0.1, 0.15) is 5.02 Å². The Morgan fingerprint density at radius 3 is 2.26 bits per heavy atom. The summed E-state index contributed by atoms with van der Waals surface area (Å²) in [7, 11) is 0. The second-order valence-corrected chi connectivity index (χ2v) is 8.31. The first kappa shape index (κ1) is 25.6. The van der Waals surface area contributed by atoms with Crippen molar-refractivity contribution < 1.29 is 24.0 Å².